The molecular formula is C28H30N4O4S. The summed E-state index contributed by atoms with van der Waals surface area (Å²) in [5.41, 5.74) is 7.79. The third-order valence-electron chi connectivity index (χ3n) is 5.97. The highest BCUT2D eigenvalue weighted by Gasteiger charge is 2.37. The molecule has 3 aromatic rings. The highest BCUT2D eigenvalue weighted by atomic mass is 32.1. The molecule has 0 aliphatic carbocycles. The molecule has 1 unspecified atom stereocenters. The van der Waals surface area contributed by atoms with Crippen LogP contribution in [-0.4, -0.2) is 35.0 Å². The van der Waals surface area contributed by atoms with Crippen molar-refractivity contribution in [1.82, 2.24) is 10.4 Å². The van der Waals surface area contributed by atoms with Crippen LogP contribution in [0.15, 0.2) is 66.0 Å². The molecule has 2 heterocycles. The fraction of sp³-hybridized carbons (Fsp3) is 0.286. The number of thiocarbonyl (C=S) groups is 1. The fourth-order valence-corrected chi connectivity index (χ4v) is 4.18. The van der Waals surface area contributed by atoms with Crippen LogP contribution in [-0.2, 0) is 15.1 Å². The number of carbonyl (C=O) groups excluding carboxylic acids is 1. The van der Waals surface area contributed by atoms with Gasteiger partial charge < -0.3 is 19.5 Å². The molecule has 0 saturated carbocycles. The Morgan fingerprint density at radius 1 is 1.22 bits per heavy atom. The molecule has 0 bridgehead atoms. The lowest BCUT2D eigenvalue weighted by atomic mass is 9.86. The Morgan fingerprint density at radius 3 is 2.81 bits per heavy atom. The number of fused-ring (bicyclic) bond motifs is 1. The minimum atomic E-state index is -0.697. The predicted molar refractivity (Wildman–Crippen MR) is 147 cm³/mol. The first-order valence-electron chi connectivity index (χ1n) is 12.0. The van der Waals surface area contributed by atoms with Gasteiger partial charge in [-0.15, -0.1) is 0 Å². The first-order chi connectivity index (χ1) is 17.8. The quantitative estimate of drug-likeness (QED) is 0.256. The molecule has 1 aliphatic heterocycles. The van der Waals surface area contributed by atoms with Crippen LogP contribution in [0.3, 0.4) is 0 Å². The van der Waals surface area contributed by atoms with Crippen LogP contribution in [0.1, 0.15) is 42.5 Å². The molecule has 1 atom stereocenters. The summed E-state index contributed by atoms with van der Waals surface area (Å²) in [6, 6.07) is 15.4. The summed E-state index contributed by atoms with van der Waals surface area (Å²) in [4.78, 5) is 16.0. The Morgan fingerprint density at radius 2 is 2.05 bits per heavy atom. The number of hydrogen-bond acceptors (Lipinski definition) is 7. The number of aryl methyl sites for hydroxylation is 2. The molecule has 192 valence electrons. The molecule has 1 aromatic heterocycles. The number of esters is 1. The summed E-state index contributed by atoms with van der Waals surface area (Å²) in [6.45, 7) is 7.91. The Kier molecular flexibility index (Phi) is 8.03. The van der Waals surface area contributed by atoms with Gasteiger partial charge in [0.1, 0.15) is 17.1 Å². The van der Waals surface area contributed by atoms with Crippen molar-refractivity contribution in [3.05, 3.63) is 83.2 Å². The molecule has 0 saturated heterocycles. The number of hydrogen-bond donors (Lipinski definition) is 2. The van der Waals surface area contributed by atoms with E-state index in [9.17, 15) is 4.79 Å². The van der Waals surface area contributed by atoms with Gasteiger partial charge in [-0.05, 0) is 81.4 Å². The Hall–Kier alpha value is -3.98. The smallest absolute Gasteiger partial charge is 0.344 e. The number of pyridine rings is 1. The number of nitrogens with one attached hydrogen (secondary N) is 2. The fourth-order valence-electron chi connectivity index (χ4n) is 4.03. The number of rotatable bonds is 7. The van der Waals surface area contributed by atoms with Gasteiger partial charge in [-0.1, -0.05) is 18.2 Å². The molecule has 9 heteroatoms. The van der Waals surface area contributed by atoms with E-state index in [1.54, 1.807) is 31.5 Å². The van der Waals surface area contributed by atoms with E-state index in [2.05, 4.69) is 26.9 Å². The SMILES string of the molecule is CCOC(=O)COc1ccc2c(c1)/C(=N/NC(=S)Nc1cc(C)ccc1C)CC(C)(c1cccnc1)O2. The second-order valence-electron chi connectivity index (χ2n) is 8.95. The summed E-state index contributed by atoms with van der Waals surface area (Å²) in [5.74, 6) is 0.707. The Labute approximate surface area is 222 Å². The van der Waals surface area contributed by atoms with Crippen molar-refractivity contribution in [1.29, 1.82) is 0 Å². The van der Waals surface area contributed by atoms with Crippen molar-refractivity contribution >= 4 is 34.7 Å². The van der Waals surface area contributed by atoms with E-state index >= 15 is 0 Å². The summed E-state index contributed by atoms with van der Waals surface area (Å²) in [6.07, 6.45) is 3.97. The van der Waals surface area contributed by atoms with Gasteiger partial charge in [0.15, 0.2) is 11.7 Å². The maximum absolute atomic E-state index is 11.8. The number of anilines is 1. The predicted octanol–water partition coefficient (Wildman–Crippen LogP) is 5.03. The largest absolute Gasteiger partial charge is 0.482 e. The molecule has 0 spiro atoms. The Bertz CT molecular complexity index is 1330. The molecule has 0 radical (unpaired) electrons. The third kappa shape index (κ3) is 6.42. The molecule has 2 aromatic carbocycles. The monoisotopic (exact) mass is 518 g/mol. The molecule has 0 fully saturated rings. The van der Waals surface area contributed by atoms with Crippen molar-refractivity contribution in [3.63, 3.8) is 0 Å². The van der Waals surface area contributed by atoms with E-state index in [0.29, 0.717) is 29.6 Å². The zero-order chi connectivity index (χ0) is 26.4. The van der Waals surface area contributed by atoms with Crippen LogP contribution in [0.25, 0.3) is 0 Å². The number of carbonyl (C=O) groups is 1. The lowest BCUT2D eigenvalue weighted by Crippen LogP contribution is -2.38. The lowest BCUT2D eigenvalue weighted by molar-refractivity contribution is -0.145. The topological polar surface area (TPSA) is 94.1 Å². The van der Waals surface area contributed by atoms with Crippen molar-refractivity contribution < 1.29 is 19.0 Å². The van der Waals surface area contributed by atoms with Crippen molar-refractivity contribution in [2.75, 3.05) is 18.5 Å². The number of benzene rings is 2. The van der Waals surface area contributed by atoms with E-state index in [4.69, 9.17) is 26.4 Å². The number of ether oxygens (including phenoxy) is 3. The molecule has 2 N–H and O–H groups in total. The maximum Gasteiger partial charge on any atom is 0.344 e. The van der Waals surface area contributed by atoms with Crippen molar-refractivity contribution in [2.24, 2.45) is 5.10 Å². The van der Waals surface area contributed by atoms with Crippen molar-refractivity contribution in [3.8, 4) is 11.5 Å². The van der Waals surface area contributed by atoms with Gasteiger partial charge in [0.25, 0.3) is 0 Å². The molecule has 4 rings (SSSR count). The lowest BCUT2D eigenvalue weighted by Gasteiger charge is -2.36. The number of nitrogens with zero attached hydrogens (tertiary/aromatic N) is 2. The zero-order valence-corrected chi connectivity index (χ0v) is 22.1. The minimum absolute atomic E-state index is 0.185. The van der Waals surface area contributed by atoms with E-state index < -0.39 is 11.6 Å². The summed E-state index contributed by atoms with van der Waals surface area (Å²) >= 11 is 5.53. The number of aromatic nitrogens is 1. The van der Waals surface area contributed by atoms with Gasteiger partial charge in [-0.3, -0.25) is 10.4 Å². The summed E-state index contributed by atoms with van der Waals surface area (Å²) in [5, 5.41) is 8.26. The van der Waals surface area contributed by atoms with E-state index in [1.807, 2.05) is 51.1 Å². The standard InChI is InChI=1S/C28H30N4O4S/c1-5-34-26(33)17-35-21-10-11-25-22(14-21)24(15-28(4,36-25)20-7-6-12-29-16-20)31-32-27(37)30-23-13-18(2)8-9-19(23)3/h6-14,16H,5,15,17H2,1-4H3,(H2,30,32,37)/b31-24+. The van der Waals surface area contributed by atoms with E-state index in [0.717, 1.165) is 33.7 Å². The highest BCUT2D eigenvalue weighted by Crippen LogP contribution is 2.40. The second-order valence-corrected chi connectivity index (χ2v) is 9.35. The third-order valence-corrected chi connectivity index (χ3v) is 6.16. The van der Waals surface area contributed by atoms with Gasteiger partial charge in [0, 0.05) is 35.6 Å². The van der Waals surface area contributed by atoms with Gasteiger partial charge in [0.2, 0.25) is 0 Å². The van der Waals surface area contributed by atoms with Gasteiger partial charge in [-0.25, -0.2) is 4.79 Å². The molecule has 0 amide bonds. The normalized spacial score (nSPS) is 17.4. The van der Waals surface area contributed by atoms with Gasteiger partial charge >= 0.3 is 5.97 Å². The molecule has 37 heavy (non-hydrogen) atoms. The average Bonchev–Trinajstić information content (AvgIpc) is 2.89. The minimum Gasteiger partial charge on any atom is -0.482 e. The Balaban J connectivity index is 1.61. The maximum atomic E-state index is 11.8. The van der Waals surface area contributed by atoms with Crippen LogP contribution in [0, 0.1) is 13.8 Å². The summed E-state index contributed by atoms with van der Waals surface area (Å²) in [7, 11) is 0. The van der Waals surface area contributed by atoms with Gasteiger partial charge in [-0.2, -0.15) is 5.10 Å². The molecule has 1 aliphatic rings. The van der Waals surface area contributed by atoms with Crippen LogP contribution in [0.2, 0.25) is 0 Å². The molecular weight excluding hydrogens is 488 g/mol. The van der Waals surface area contributed by atoms with E-state index in [1.165, 1.54) is 0 Å². The van der Waals surface area contributed by atoms with Crippen molar-refractivity contribution in [2.45, 2.75) is 39.7 Å². The highest BCUT2D eigenvalue weighted by molar-refractivity contribution is 7.80. The average molecular weight is 519 g/mol. The summed E-state index contributed by atoms with van der Waals surface area (Å²) < 4.78 is 17.0. The van der Waals surface area contributed by atoms with E-state index in [-0.39, 0.29) is 6.61 Å². The molecule has 8 nitrogen and oxygen atoms in total. The zero-order valence-electron chi connectivity index (χ0n) is 21.3. The number of hydrazone groups is 1. The van der Waals surface area contributed by atoms with Crippen LogP contribution in [0.4, 0.5) is 5.69 Å². The van der Waals surface area contributed by atoms with Gasteiger partial charge in [0.05, 0.1) is 12.3 Å². The van der Waals surface area contributed by atoms with Crippen LogP contribution in [0.5, 0.6) is 11.5 Å². The second kappa shape index (κ2) is 11.4. The first kappa shape index (κ1) is 26.1. The van der Waals surface area contributed by atoms with Crippen LogP contribution < -0.4 is 20.2 Å². The first-order valence-corrected chi connectivity index (χ1v) is 12.4. The van der Waals surface area contributed by atoms with Crippen LogP contribution >= 0.6 is 12.2 Å².